The number of carbonyl (C=O) groups is 2. The largest absolute Gasteiger partial charge is 0.379 e. The predicted octanol–water partition coefficient (Wildman–Crippen LogP) is 4.87. The summed E-state index contributed by atoms with van der Waals surface area (Å²) in [5.74, 6) is 6.25. The lowest BCUT2D eigenvalue weighted by atomic mass is 10.1. The first-order valence-corrected chi connectivity index (χ1v) is 15.1. The SMILES string of the molecule is CNC(=O)c1ccccc1Sc1ccc2c(c1)CN=C2C#Cc1ccc(NC(=O)CCCOCCOCCN(C)C)cc1. The van der Waals surface area contributed by atoms with Crippen molar-refractivity contribution in [3.63, 3.8) is 0 Å². The normalized spacial score (nSPS) is 11.9. The van der Waals surface area contributed by atoms with E-state index in [-0.39, 0.29) is 11.8 Å². The molecule has 224 valence electrons. The van der Waals surface area contributed by atoms with Crippen molar-refractivity contribution in [2.24, 2.45) is 4.99 Å². The van der Waals surface area contributed by atoms with Gasteiger partial charge in [-0.25, -0.2) is 0 Å². The van der Waals surface area contributed by atoms with Crippen LogP contribution in [0.4, 0.5) is 5.69 Å². The number of aliphatic imine (C=N–C) groups is 1. The highest BCUT2D eigenvalue weighted by Gasteiger charge is 2.16. The van der Waals surface area contributed by atoms with E-state index in [1.807, 2.05) is 74.8 Å². The van der Waals surface area contributed by atoms with E-state index in [4.69, 9.17) is 9.47 Å². The molecule has 0 fully saturated rings. The molecule has 3 aromatic rings. The van der Waals surface area contributed by atoms with Gasteiger partial charge in [-0.15, -0.1) is 0 Å². The third kappa shape index (κ3) is 10.1. The molecule has 1 heterocycles. The summed E-state index contributed by atoms with van der Waals surface area (Å²) in [5, 5.41) is 5.62. The molecule has 0 spiro atoms. The van der Waals surface area contributed by atoms with Gasteiger partial charge in [0.05, 0.1) is 31.9 Å². The van der Waals surface area contributed by atoms with Gasteiger partial charge in [0, 0.05) is 53.2 Å². The Morgan fingerprint density at radius 2 is 1.72 bits per heavy atom. The van der Waals surface area contributed by atoms with Crippen LogP contribution in [0, 0.1) is 11.8 Å². The van der Waals surface area contributed by atoms with Gasteiger partial charge in [-0.2, -0.15) is 0 Å². The Kier molecular flexibility index (Phi) is 12.4. The van der Waals surface area contributed by atoms with Crippen LogP contribution in [-0.4, -0.2) is 76.5 Å². The summed E-state index contributed by atoms with van der Waals surface area (Å²) in [6.45, 7) is 3.77. The zero-order valence-corrected chi connectivity index (χ0v) is 25.8. The lowest BCUT2D eigenvalue weighted by Crippen LogP contribution is -2.19. The van der Waals surface area contributed by atoms with Crippen molar-refractivity contribution in [1.82, 2.24) is 10.2 Å². The number of benzene rings is 3. The summed E-state index contributed by atoms with van der Waals surface area (Å²) < 4.78 is 11.0. The Hall–Kier alpha value is -3.94. The van der Waals surface area contributed by atoms with Crippen molar-refractivity contribution in [3.8, 4) is 11.8 Å². The monoisotopic (exact) mass is 598 g/mol. The number of ether oxygens (including phenoxy) is 2. The molecule has 4 rings (SSSR count). The predicted molar refractivity (Wildman–Crippen MR) is 172 cm³/mol. The fourth-order valence-corrected chi connectivity index (χ4v) is 5.26. The van der Waals surface area contributed by atoms with Crippen molar-refractivity contribution in [3.05, 3.63) is 89.0 Å². The molecule has 9 heteroatoms. The number of hydrogen-bond donors (Lipinski definition) is 2. The fraction of sp³-hybridized carbons (Fsp3) is 0.324. The second-order valence-electron chi connectivity index (χ2n) is 10.2. The highest BCUT2D eigenvalue weighted by atomic mass is 32.2. The van der Waals surface area contributed by atoms with E-state index in [1.165, 1.54) is 0 Å². The molecule has 3 aromatic carbocycles. The van der Waals surface area contributed by atoms with Crippen molar-refractivity contribution >= 4 is 35.0 Å². The van der Waals surface area contributed by atoms with Crippen LogP contribution in [0.3, 0.4) is 0 Å². The molecule has 0 atom stereocenters. The molecule has 2 N–H and O–H groups in total. The molecule has 0 saturated heterocycles. The van der Waals surface area contributed by atoms with Gasteiger partial charge in [0.25, 0.3) is 5.91 Å². The van der Waals surface area contributed by atoms with E-state index in [0.717, 1.165) is 44.4 Å². The lowest BCUT2D eigenvalue weighted by Gasteiger charge is -2.10. The van der Waals surface area contributed by atoms with Gasteiger partial charge in [0.15, 0.2) is 0 Å². The molecule has 0 aliphatic carbocycles. The molecule has 0 saturated carbocycles. The molecule has 1 aliphatic heterocycles. The Bertz CT molecular complexity index is 1490. The van der Waals surface area contributed by atoms with Gasteiger partial charge >= 0.3 is 0 Å². The van der Waals surface area contributed by atoms with Gasteiger partial charge in [0.2, 0.25) is 5.91 Å². The van der Waals surface area contributed by atoms with Crippen molar-refractivity contribution in [2.75, 3.05) is 59.4 Å². The second-order valence-corrected chi connectivity index (χ2v) is 11.3. The quantitative estimate of drug-likeness (QED) is 0.203. The zero-order chi connectivity index (χ0) is 30.4. The first-order chi connectivity index (χ1) is 20.9. The molecule has 43 heavy (non-hydrogen) atoms. The lowest BCUT2D eigenvalue weighted by molar-refractivity contribution is -0.116. The Labute approximate surface area is 258 Å². The van der Waals surface area contributed by atoms with Crippen LogP contribution < -0.4 is 10.6 Å². The van der Waals surface area contributed by atoms with Crippen LogP contribution in [0.2, 0.25) is 0 Å². The average Bonchev–Trinajstić information content (AvgIpc) is 3.41. The molecular weight excluding hydrogens is 560 g/mol. The Morgan fingerprint density at radius 1 is 0.953 bits per heavy atom. The minimum Gasteiger partial charge on any atom is -0.379 e. The molecule has 0 bridgehead atoms. The third-order valence-corrected chi connectivity index (χ3v) is 7.63. The third-order valence-electron chi connectivity index (χ3n) is 6.57. The standard InChI is InChI=1S/C34H38N4O4S/c1-35-34(40)30-7-4-5-8-32(30)43-28-15-16-29-26(23-28)24-36-31(29)17-12-25-10-13-27(14-11-25)37-33(39)9-6-19-41-21-22-42-20-18-38(2)3/h4-5,7-8,10-11,13-16,23H,6,9,18-22,24H2,1-3H3,(H,35,40)(H,37,39). The van der Waals surface area contributed by atoms with Gasteiger partial charge in [-0.1, -0.05) is 35.9 Å². The first kappa shape index (κ1) is 32.0. The molecule has 0 unspecified atom stereocenters. The van der Waals surface area contributed by atoms with Gasteiger partial charge in [-0.3, -0.25) is 14.6 Å². The van der Waals surface area contributed by atoms with Gasteiger partial charge in [-0.05, 0) is 80.5 Å². The average molecular weight is 599 g/mol. The highest BCUT2D eigenvalue weighted by Crippen LogP contribution is 2.33. The minimum absolute atomic E-state index is 0.0452. The molecular formula is C34H38N4O4S. The topological polar surface area (TPSA) is 92.3 Å². The number of hydrogen-bond acceptors (Lipinski definition) is 7. The van der Waals surface area contributed by atoms with Gasteiger partial charge < -0.3 is 25.0 Å². The summed E-state index contributed by atoms with van der Waals surface area (Å²) >= 11 is 1.56. The number of fused-ring (bicyclic) bond motifs is 1. The number of carbonyl (C=O) groups excluding carboxylic acids is 2. The maximum atomic E-state index is 12.3. The van der Waals surface area contributed by atoms with E-state index < -0.39 is 0 Å². The molecule has 2 amide bonds. The Morgan fingerprint density at radius 3 is 2.49 bits per heavy atom. The van der Waals surface area contributed by atoms with E-state index in [9.17, 15) is 9.59 Å². The summed E-state index contributed by atoms with van der Waals surface area (Å²) in [5.41, 5.74) is 5.13. The number of nitrogens with zero attached hydrogens (tertiary/aromatic N) is 2. The number of rotatable bonds is 14. The minimum atomic E-state index is -0.102. The van der Waals surface area contributed by atoms with Gasteiger partial charge in [0.1, 0.15) is 5.71 Å². The van der Waals surface area contributed by atoms with Crippen LogP contribution in [0.1, 0.15) is 39.9 Å². The highest BCUT2D eigenvalue weighted by molar-refractivity contribution is 7.99. The fourth-order valence-electron chi connectivity index (χ4n) is 4.25. The van der Waals surface area contributed by atoms with Crippen LogP contribution in [0.5, 0.6) is 0 Å². The van der Waals surface area contributed by atoms with Crippen molar-refractivity contribution in [2.45, 2.75) is 29.2 Å². The van der Waals surface area contributed by atoms with Crippen LogP contribution >= 0.6 is 11.8 Å². The summed E-state index contributed by atoms with van der Waals surface area (Å²) in [6.07, 6.45) is 1.04. The number of anilines is 1. The van der Waals surface area contributed by atoms with Crippen LogP contribution in [-0.2, 0) is 20.8 Å². The van der Waals surface area contributed by atoms with Crippen molar-refractivity contribution in [1.29, 1.82) is 0 Å². The molecule has 0 radical (unpaired) electrons. The number of amides is 2. The summed E-state index contributed by atoms with van der Waals surface area (Å²) in [6, 6.07) is 21.3. The van der Waals surface area contributed by atoms with E-state index in [2.05, 4.69) is 38.4 Å². The first-order valence-electron chi connectivity index (χ1n) is 14.3. The van der Waals surface area contributed by atoms with Crippen LogP contribution in [0.25, 0.3) is 0 Å². The van der Waals surface area contributed by atoms with Crippen LogP contribution in [0.15, 0.2) is 81.5 Å². The van der Waals surface area contributed by atoms with Crippen molar-refractivity contribution < 1.29 is 19.1 Å². The maximum absolute atomic E-state index is 12.3. The van der Waals surface area contributed by atoms with E-state index in [1.54, 1.807) is 18.8 Å². The van der Waals surface area contributed by atoms with E-state index >= 15 is 0 Å². The van der Waals surface area contributed by atoms with E-state index in [0.29, 0.717) is 51.4 Å². The maximum Gasteiger partial charge on any atom is 0.252 e. The zero-order valence-electron chi connectivity index (χ0n) is 24.9. The summed E-state index contributed by atoms with van der Waals surface area (Å²) in [7, 11) is 5.66. The summed E-state index contributed by atoms with van der Waals surface area (Å²) in [4.78, 5) is 33.2. The Balaban J connectivity index is 1.22. The number of nitrogens with one attached hydrogen (secondary N) is 2. The molecule has 0 aromatic heterocycles. The second kappa shape index (κ2) is 16.6. The molecule has 1 aliphatic rings. The smallest absolute Gasteiger partial charge is 0.252 e. The number of likely N-dealkylation sites (N-methyl/N-ethyl adjacent to an activating group) is 1. The molecule has 8 nitrogen and oxygen atoms in total.